The summed E-state index contributed by atoms with van der Waals surface area (Å²) in [5, 5.41) is 2.79. The Balaban J connectivity index is 1.54. The number of fused-ring (bicyclic) bond motifs is 1. The summed E-state index contributed by atoms with van der Waals surface area (Å²) in [6.07, 6.45) is 0. The Morgan fingerprint density at radius 3 is 2.69 bits per heavy atom. The Morgan fingerprint density at radius 2 is 1.90 bits per heavy atom. The molecule has 0 aliphatic carbocycles. The van der Waals surface area contributed by atoms with E-state index in [2.05, 4.69) is 5.32 Å². The van der Waals surface area contributed by atoms with Gasteiger partial charge in [0.05, 0.1) is 17.4 Å². The normalized spacial score (nSPS) is 12.9. The summed E-state index contributed by atoms with van der Waals surface area (Å²) >= 11 is 1.26. The highest BCUT2D eigenvalue weighted by molar-refractivity contribution is 8.00. The van der Waals surface area contributed by atoms with Gasteiger partial charge in [-0.1, -0.05) is 18.2 Å². The van der Waals surface area contributed by atoms with Crippen molar-refractivity contribution in [2.75, 3.05) is 19.2 Å². The Kier molecular flexibility index (Phi) is 6.77. The van der Waals surface area contributed by atoms with Crippen LogP contribution in [0, 0.1) is 0 Å². The molecule has 152 valence electrons. The highest BCUT2D eigenvalue weighted by Crippen LogP contribution is 2.34. The number of carbonyl (C=O) groups is 3. The number of amides is 1. The first-order valence-electron chi connectivity index (χ1n) is 9.01. The van der Waals surface area contributed by atoms with Gasteiger partial charge in [-0.05, 0) is 43.7 Å². The zero-order valence-corrected chi connectivity index (χ0v) is 16.9. The fraction of sp³-hybridized carbons (Fsp3) is 0.286. The van der Waals surface area contributed by atoms with Crippen LogP contribution in [0.2, 0.25) is 0 Å². The zero-order valence-electron chi connectivity index (χ0n) is 16.1. The number of hydrogen-bond donors (Lipinski definition) is 1. The predicted molar refractivity (Wildman–Crippen MR) is 107 cm³/mol. The highest BCUT2D eigenvalue weighted by Gasteiger charge is 2.18. The number of nitrogens with one attached hydrogen (secondary N) is 1. The topological polar surface area (TPSA) is 90.9 Å². The van der Waals surface area contributed by atoms with E-state index in [4.69, 9.17) is 14.2 Å². The lowest BCUT2D eigenvalue weighted by Gasteiger charge is -2.15. The molecule has 1 aliphatic heterocycles. The van der Waals surface area contributed by atoms with Crippen LogP contribution >= 0.6 is 11.8 Å². The molecule has 0 fully saturated rings. The fourth-order valence-electron chi connectivity index (χ4n) is 2.70. The summed E-state index contributed by atoms with van der Waals surface area (Å²) in [6.45, 7) is 3.09. The highest BCUT2D eigenvalue weighted by atomic mass is 32.2. The van der Waals surface area contributed by atoms with Crippen molar-refractivity contribution < 1.29 is 28.6 Å². The number of ketones is 1. The second-order valence-corrected chi connectivity index (χ2v) is 7.48. The van der Waals surface area contributed by atoms with Crippen molar-refractivity contribution in [3.05, 3.63) is 53.6 Å². The molecular formula is C21H21NO6S. The molecule has 3 rings (SSSR count). The molecule has 1 amide bonds. The van der Waals surface area contributed by atoms with Crippen LogP contribution in [-0.4, -0.2) is 36.8 Å². The number of Topliss-reactive ketones (excluding diaryl/α,β-unsaturated/α-hetero) is 1. The average molecular weight is 415 g/mol. The smallest absolute Gasteiger partial charge is 0.339 e. The van der Waals surface area contributed by atoms with Gasteiger partial charge in [0.2, 0.25) is 6.79 Å². The number of carbonyl (C=O) groups excluding carboxylic acids is 3. The Morgan fingerprint density at radius 1 is 1.14 bits per heavy atom. The van der Waals surface area contributed by atoms with Crippen LogP contribution in [0.15, 0.2) is 47.4 Å². The summed E-state index contributed by atoms with van der Waals surface area (Å²) in [5.41, 5.74) is 1.18. The molecule has 8 heteroatoms. The monoisotopic (exact) mass is 415 g/mol. The van der Waals surface area contributed by atoms with Crippen LogP contribution < -0.4 is 14.8 Å². The first-order chi connectivity index (χ1) is 13.9. The van der Waals surface area contributed by atoms with Gasteiger partial charge < -0.3 is 19.5 Å². The molecule has 7 nitrogen and oxygen atoms in total. The van der Waals surface area contributed by atoms with Crippen molar-refractivity contribution in [2.24, 2.45) is 0 Å². The molecule has 29 heavy (non-hydrogen) atoms. The summed E-state index contributed by atoms with van der Waals surface area (Å²) in [6, 6.07) is 12.0. The van der Waals surface area contributed by atoms with E-state index >= 15 is 0 Å². The number of esters is 1. The SMILES string of the molecule is CC(=O)CSc1ccccc1C(=O)OCC(=O)N[C@H](C)c1ccc2c(c1)OCO2. The molecule has 2 aromatic rings. The van der Waals surface area contributed by atoms with Gasteiger partial charge in [0.15, 0.2) is 18.1 Å². The fourth-order valence-corrected chi connectivity index (χ4v) is 3.54. The van der Waals surface area contributed by atoms with Crippen LogP contribution in [0.5, 0.6) is 11.5 Å². The van der Waals surface area contributed by atoms with E-state index in [0.717, 1.165) is 5.56 Å². The minimum atomic E-state index is -0.609. The van der Waals surface area contributed by atoms with Crippen LogP contribution in [0.25, 0.3) is 0 Å². The number of benzene rings is 2. The van der Waals surface area contributed by atoms with Gasteiger partial charge in [-0.15, -0.1) is 11.8 Å². The summed E-state index contributed by atoms with van der Waals surface area (Å²) < 4.78 is 15.8. The first kappa shape index (κ1) is 20.7. The maximum atomic E-state index is 12.4. The van der Waals surface area contributed by atoms with E-state index in [0.29, 0.717) is 22.0 Å². The second-order valence-electron chi connectivity index (χ2n) is 6.46. The third kappa shape index (κ3) is 5.51. The maximum absolute atomic E-state index is 12.4. The third-order valence-corrected chi connectivity index (χ3v) is 5.36. The molecule has 0 aromatic heterocycles. The van der Waals surface area contributed by atoms with Crippen molar-refractivity contribution >= 4 is 29.4 Å². The quantitative estimate of drug-likeness (QED) is 0.523. The largest absolute Gasteiger partial charge is 0.454 e. The molecule has 1 atom stereocenters. The maximum Gasteiger partial charge on any atom is 0.339 e. The van der Waals surface area contributed by atoms with Crippen LogP contribution in [0.3, 0.4) is 0 Å². The van der Waals surface area contributed by atoms with E-state index in [-0.39, 0.29) is 24.4 Å². The Bertz CT molecular complexity index is 929. The minimum absolute atomic E-state index is 0.00931. The summed E-state index contributed by atoms with van der Waals surface area (Å²) in [5.74, 6) is 0.546. The molecule has 1 N–H and O–H groups in total. The lowest BCUT2D eigenvalue weighted by Crippen LogP contribution is -2.31. The van der Waals surface area contributed by atoms with Gasteiger partial charge >= 0.3 is 5.97 Å². The summed E-state index contributed by atoms with van der Waals surface area (Å²) in [7, 11) is 0. The Hall–Kier alpha value is -3.00. The predicted octanol–water partition coefficient (Wildman–Crippen LogP) is 3.13. The average Bonchev–Trinajstić information content (AvgIpc) is 3.18. The van der Waals surface area contributed by atoms with Crippen LogP contribution in [0.1, 0.15) is 35.8 Å². The van der Waals surface area contributed by atoms with E-state index in [1.807, 2.05) is 19.1 Å². The van der Waals surface area contributed by atoms with Gasteiger partial charge in [-0.2, -0.15) is 0 Å². The molecule has 0 radical (unpaired) electrons. The minimum Gasteiger partial charge on any atom is -0.454 e. The van der Waals surface area contributed by atoms with Gasteiger partial charge in [0.1, 0.15) is 5.78 Å². The van der Waals surface area contributed by atoms with E-state index in [1.54, 1.807) is 30.3 Å². The lowest BCUT2D eigenvalue weighted by atomic mass is 10.1. The molecule has 0 unspecified atom stereocenters. The number of hydrogen-bond acceptors (Lipinski definition) is 7. The van der Waals surface area contributed by atoms with Crippen LogP contribution in [0.4, 0.5) is 0 Å². The van der Waals surface area contributed by atoms with E-state index in [1.165, 1.54) is 18.7 Å². The molecular weight excluding hydrogens is 394 g/mol. The number of ether oxygens (including phenoxy) is 3. The molecule has 2 aromatic carbocycles. The van der Waals surface area contributed by atoms with Crippen LogP contribution in [-0.2, 0) is 14.3 Å². The molecule has 1 heterocycles. The van der Waals surface area contributed by atoms with Crippen molar-refractivity contribution in [3.8, 4) is 11.5 Å². The zero-order chi connectivity index (χ0) is 20.8. The first-order valence-corrected chi connectivity index (χ1v) is 10.00. The Labute approximate surface area is 172 Å². The van der Waals surface area contributed by atoms with Gasteiger partial charge in [-0.25, -0.2) is 4.79 Å². The number of rotatable bonds is 8. The van der Waals surface area contributed by atoms with Crippen molar-refractivity contribution in [3.63, 3.8) is 0 Å². The van der Waals surface area contributed by atoms with E-state index in [9.17, 15) is 14.4 Å². The van der Waals surface area contributed by atoms with Gasteiger partial charge in [-0.3, -0.25) is 9.59 Å². The second kappa shape index (κ2) is 9.47. The molecule has 1 aliphatic rings. The molecule has 0 spiro atoms. The molecule has 0 bridgehead atoms. The third-order valence-electron chi connectivity index (χ3n) is 4.15. The van der Waals surface area contributed by atoms with Crippen molar-refractivity contribution in [1.82, 2.24) is 5.32 Å². The molecule has 0 saturated heterocycles. The van der Waals surface area contributed by atoms with Gasteiger partial charge in [0, 0.05) is 4.90 Å². The van der Waals surface area contributed by atoms with E-state index < -0.39 is 18.5 Å². The molecule has 0 saturated carbocycles. The number of thioether (sulfide) groups is 1. The van der Waals surface area contributed by atoms with Crippen molar-refractivity contribution in [2.45, 2.75) is 24.8 Å². The van der Waals surface area contributed by atoms with Crippen molar-refractivity contribution in [1.29, 1.82) is 0 Å². The lowest BCUT2D eigenvalue weighted by molar-refractivity contribution is -0.124. The van der Waals surface area contributed by atoms with Gasteiger partial charge in [0.25, 0.3) is 5.91 Å². The standard InChI is InChI=1S/C21H21NO6S/c1-13(23)11-29-19-6-4-3-5-16(19)21(25)26-10-20(24)22-14(2)15-7-8-17-18(9-15)28-12-27-17/h3-9,14H,10-12H2,1-2H3,(H,22,24)/t14-/m1/s1. The summed E-state index contributed by atoms with van der Waals surface area (Å²) in [4.78, 5) is 36.4.